The molecule has 0 aliphatic carbocycles. The number of hydrogen-bond acceptors (Lipinski definition) is 2. The van der Waals surface area contributed by atoms with E-state index in [-0.39, 0.29) is 11.1 Å². The predicted octanol–water partition coefficient (Wildman–Crippen LogP) is 1.28. The maximum atomic E-state index is 11.3. The highest BCUT2D eigenvalue weighted by atomic mass is 16.2. The minimum atomic E-state index is -0.706. The summed E-state index contributed by atoms with van der Waals surface area (Å²) in [5, 5.41) is 0. The van der Waals surface area contributed by atoms with E-state index in [0.29, 0.717) is 5.56 Å². The lowest BCUT2D eigenvalue weighted by atomic mass is 10.0. The van der Waals surface area contributed by atoms with Crippen LogP contribution in [0.1, 0.15) is 31.8 Å². The molecule has 2 aromatic rings. The van der Waals surface area contributed by atoms with Crippen LogP contribution in [0.5, 0.6) is 0 Å². The van der Waals surface area contributed by atoms with Crippen molar-refractivity contribution in [3.63, 3.8) is 0 Å². The Balaban J connectivity index is 2.40. The Labute approximate surface area is 116 Å². The summed E-state index contributed by atoms with van der Waals surface area (Å²) in [5.74, 6) is 4.47. The van der Waals surface area contributed by atoms with Crippen LogP contribution in [-0.2, 0) is 0 Å². The van der Waals surface area contributed by atoms with E-state index < -0.39 is 11.8 Å². The van der Waals surface area contributed by atoms with Gasteiger partial charge in [-0.05, 0) is 30.3 Å². The molecule has 2 aromatic carbocycles. The molecule has 0 radical (unpaired) electrons. The molecule has 98 valence electrons. The molecule has 20 heavy (non-hydrogen) atoms. The van der Waals surface area contributed by atoms with Gasteiger partial charge in [0.25, 0.3) is 0 Å². The van der Waals surface area contributed by atoms with Crippen LogP contribution in [0.25, 0.3) is 0 Å². The van der Waals surface area contributed by atoms with Crippen LogP contribution in [0.15, 0.2) is 48.5 Å². The average molecular weight is 264 g/mol. The van der Waals surface area contributed by atoms with Crippen LogP contribution in [0.2, 0.25) is 0 Å². The van der Waals surface area contributed by atoms with Crippen molar-refractivity contribution in [2.24, 2.45) is 11.5 Å². The molecule has 2 amide bonds. The number of hydrogen-bond donors (Lipinski definition) is 2. The quantitative estimate of drug-likeness (QED) is 0.801. The fourth-order valence-electron chi connectivity index (χ4n) is 1.71. The topological polar surface area (TPSA) is 86.2 Å². The highest BCUT2D eigenvalue weighted by Crippen LogP contribution is 2.11. The first-order valence-electron chi connectivity index (χ1n) is 5.88. The summed E-state index contributed by atoms with van der Waals surface area (Å²) in [6.45, 7) is 0. The third-order valence-electron chi connectivity index (χ3n) is 2.68. The fourth-order valence-corrected chi connectivity index (χ4v) is 1.71. The zero-order chi connectivity index (χ0) is 14.5. The van der Waals surface area contributed by atoms with Gasteiger partial charge in [-0.15, -0.1) is 0 Å². The number of carbonyl (C=O) groups excluding carboxylic acids is 2. The summed E-state index contributed by atoms with van der Waals surface area (Å²) < 4.78 is 0. The van der Waals surface area contributed by atoms with Crippen molar-refractivity contribution in [1.82, 2.24) is 0 Å². The van der Waals surface area contributed by atoms with Gasteiger partial charge in [-0.25, -0.2) is 0 Å². The SMILES string of the molecule is NC(=O)c1ccc(C#Cc2ccccc2)cc1C(N)=O. The Kier molecular flexibility index (Phi) is 3.82. The van der Waals surface area contributed by atoms with Crippen molar-refractivity contribution >= 4 is 11.8 Å². The lowest BCUT2D eigenvalue weighted by Gasteiger charge is -2.03. The van der Waals surface area contributed by atoms with Crippen molar-refractivity contribution in [1.29, 1.82) is 0 Å². The third kappa shape index (κ3) is 3.03. The lowest BCUT2D eigenvalue weighted by Crippen LogP contribution is -2.20. The number of amides is 2. The highest BCUT2D eigenvalue weighted by molar-refractivity contribution is 6.06. The molecule has 2 rings (SSSR count). The van der Waals surface area contributed by atoms with Crippen LogP contribution in [-0.4, -0.2) is 11.8 Å². The molecule has 4 nitrogen and oxygen atoms in total. The Hall–Kier alpha value is -3.06. The molecule has 0 saturated carbocycles. The molecule has 0 unspecified atom stereocenters. The second-order valence-electron chi connectivity index (χ2n) is 4.10. The molecule has 0 heterocycles. The number of nitrogens with two attached hydrogens (primary N) is 2. The van der Waals surface area contributed by atoms with E-state index in [1.54, 1.807) is 6.07 Å². The Morgan fingerprint density at radius 2 is 1.35 bits per heavy atom. The molecule has 0 fully saturated rings. The van der Waals surface area contributed by atoms with Gasteiger partial charge < -0.3 is 11.5 Å². The maximum Gasteiger partial charge on any atom is 0.249 e. The number of carbonyl (C=O) groups is 2. The summed E-state index contributed by atoms with van der Waals surface area (Å²) in [6, 6.07) is 14.0. The molecule has 0 aliphatic rings. The second kappa shape index (κ2) is 5.72. The van der Waals surface area contributed by atoms with Crippen molar-refractivity contribution in [3.05, 3.63) is 70.8 Å². The first-order valence-corrected chi connectivity index (χ1v) is 5.88. The Bertz CT molecular complexity index is 725. The summed E-state index contributed by atoms with van der Waals surface area (Å²) in [4.78, 5) is 22.5. The molecular formula is C16H12N2O2. The molecule has 0 spiro atoms. The van der Waals surface area contributed by atoms with Gasteiger partial charge in [0.2, 0.25) is 11.8 Å². The van der Waals surface area contributed by atoms with E-state index in [2.05, 4.69) is 11.8 Å². The van der Waals surface area contributed by atoms with Crippen molar-refractivity contribution < 1.29 is 9.59 Å². The molecule has 0 saturated heterocycles. The van der Waals surface area contributed by atoms with Gasteiger partial charge in [0.15, 0.2) is 0 Å². The Morgan fingerprint density at radius 3 is 1.95 bits per heavy atom. The van der Waals surface area contributed by atoms with Gasteiger partial charge >= 0.3 is 0 Å². The summed E-state index contributed by atoms with van der Waals surface area (Å²) in [7, 11) is 0. The molecule has 0 aliphatic heterocycles. The van der Waals surface area contributed by atoms with Crippen LogP contribution in [0.3, 0.4) is 0 Å². The molecule has 4 heteroatoms. The van der Waals surface area contributed by atoms with E-state index in [0.717, 1.165) is 5.56 Å². The second-order valence-corrected chi connectivity index (χ2v) is 4.10. The van der Waals surface area contributed by atoms with Crippen LogP contribution >= 0.6 is 0 Å². The normalized spacial score (nSPS) is 9.40. The van der Waals surface area contributed by atoms with Crippen molar-refractivity contribution in [3.8, 4) is 11.8 Å². The predicted molar refractivity (Wildman–Crippen MR) is 75.9 cm³/mol. The standard InChI is InChI=1S/C16H12N2O2/c17-15(19)13-9-8-12(10-14(13)16(18)20)7-6-11-4-2-1-3-5-11/h1-5,8-10H,(H2,17,19)(H2,18,20). The van der Waals surface area contributed by atoms with E-state index in [1.807, 2.05) is 30.3 Å². The minimum absolute atomic E-state index is 0.0809. The van der Waals surface area contributed by atoms with E-state index >= 15 is 0 Å². The summed E-state index contributed by atoms with van der Waals surface area (Å²) >= 11 is 0. The van der Waals surface area contributed by atoms with Crippen LogP contribution < -0.4 is 11.5 Å². The van der Waals surface area contributed by atoms with Crippen LogP contribution in [0.4, 0.5) is 0 Å². The lowest BCUT2D eigenvalue weighted by molar-refractivity contribution is 0.0967. The van der Waals surface area contributed by atoms with Gasteiger partial charge in [-0.3, -0.25) is 9.59 Å². The van der Waals surface area contributed by atoms with Gasteiger partial charge in [0, 0.05) is 11.1 Å². The highest BCUT2D eigenvalue weighted by Gasteiger charge is 2.12. The minimum Gasteiger partial charge on any atom is -0.366 e. The molecule has 0 bridgehead atoms. The van der Waals surface area contributed by atoms with E-state index in [4.69, 9.17) is 11.5 Å². The number of primary amides is 2. The van der Waals surface area contributed by atoms with Crippen molar-refractivity contribution in [2.45, 2.75) is 0 Å². The largest absolute Gasteiger partial charge is 0.366 e. The first kappa shape index (κ1) is 13.4. The molecule has 4 N–H and O–H groups in total. The zero-order valence-corrected chi connectivity index (χ0v) is 10.6. The zero-order valence-electron chi connectivity index (χ0n) is 10.6. The molecular weight excluding hydrogens is 252 g/mol. The monoisotopic (exact) mass is 264 g/mol. The van der Waals surface area contributed by atoms with Gasteiger partial charge in [0.05, 0.1) is 11.1 Å². The van der Waals surface area contributed by atoms with Gasteiger partial charge in [-0.2, -0.15) is 0 Å². The molecule has 0 aromatic heterocycles. The smallest absolute Gasteiger partial charge is 0.249 e. The maximum absolute atomic E-state index is 11.3. The number of rotatable bonds is 2. The van der Waals surface area contributed by atoms with Gasteiger partial charge in [-0.1, -0.05) is 30.0 Å². The fraction of sp³-hybridized carbons (Fsp3) is 0. The first-order chi connectivity index (χ1) is 9.58. The van der Waals surface area contributed by atoms with Crippen molar-refractivity contribution in [2.75, 3.05) is 0 Å². The Morgan fingerprint density at radius 1 is 0.750 bits per heavy atom. The van der Waals surface area contributed by atoms with E-state index in [9.17, 15) is 9.59 Å². The third-order valence-corrected chi connectivity index (χ3v) is 2.68. The van der Waals surface area contributed by atoms with Gasteiger partial charge in [0.1, 0.15) is 0 Å². The summed E-state index contributed by atoms with van der Waals surface area (Å²) in [5.41, 5.74) is 12.0. The average Bonchev–Trinajstić information content (AvgIpc) is 2.45. The van der Waals surface area contributed by atoms with E-state index in [1.165, 1.54) is 12.1 Å². The summed E-state index contributed by atoms with van der Waals surface area (Å²) in [6.07, 6.45) is 0. The van der Waals surface area contributed by atoms with Crippen LogP contribution in [0, 0.1) is 11.8 Å². The molecule has 0 atom stereocenters. The number of benzene rings is 2.